The van der Waals surface area contributed by atoms with Crippen LogP contribution in [0.2, 0.25) is 0 Å². The van der Waals surface area contributed by atoms with Crippen LogP contribution in [0.1, 0.15) is 31.4 Å². The molecule has 0 saturated carbocycles. The van der Waals surface area contributed by atoms with Crippen molar-refractivity contribution in [1.82, 2.24) is 10.4 Å². The van der Waals surface area contributed by atoms with Crippen LogP contribution in [0.3, 0.4) is 0 Å². The summed E-state index contributed by atoms with van der Waals surface area (Å²) in [4.78, 5) is 4.38. The Bertz CT molecular complexity index is 667. The molecule has 0 fully saturated rings. The first-order valence-electron chi connectivity index (χ1n) is 6.55. The van der Waals surface area contributed by atoms with Gasteiger partial charge >= 0.3 is 0 Å². The van der Waals surface area contributed by atoms with Crippen molar-refractivity contribution in [2.75, 3.05) is 11.5 Å². The van der Waals surface area contributed by atoms with Crippen LogP contribution < -0.4 is 11.3 Å². The molecule has 0 spiro atoms. The van der Waals surface area contributed by atoms with Crippen molar-refractivity contribution in [2.24, 2.45) is 5.84 Å². The van der Waals surface area contributed by atoms with E-state index in [2.05, 4.69) is 16.5 Å². The minimum absolute atomic E-state index is 0.0685. The van der Waals surface area contributed by atoms with Crippen LogP contribution in [0.15, 0.2) is 23.7 Å². The molecule has 2 aromatic heterocycles. The Hall–Kier alpha value is -1.02. The van der Waals surface area contributed by atoms with Gasteiger partial charge in [0.1, 0.15) is 9.84 Å². The smallest absolute Gasteiger partial charge is 0.150 e. The van der Waals surface area contributed by atoms with E-state index >= 15 is 0 Å². The van der Waals surface area contributed by atoms with Gasteiger partial charge in [-0.15, -0.1) is 11.3 Å². The molecule has 0 radical (unpaired) electrons. The van der Waals surface area contributed by atoms with Gasteiger partial charge in [-0.2, -0.15) is 0 Å². The normalized spacial score (nSPS) is 13.7. The molecule has 0 aliphatic heterocycles. The van der Waals surface area contributed by atoms with Crippen molar-refractivity contribution in [3.63, 3.8) is 0 Å². The molecule has 0 amide bonds. The molecule has 0 bridgehead atoms. The summed E-state index contributed by atoms with van der Waals surface area (Å²) in [7, 11) is -2.91. The number of fused-ring (bicyclic) bond motifs is 1. The summed E-state index contributed by atoms with van der Waals surface area (Å²) >= 11 is 1.63. The molecular weight excluding hydrogens is 294 g/mol. The summed E-state index contributed by atoms with van der Waals surface area (Å²) < 4.78 is 24.1. The van der Waals surface area contributed by atoms with Crippen molar-refractivity contribution >= 4 is 31.4 Å². The molecular formula is C13H19N3O2S2. The number of thiophene rings is 1. The van der Waals surface area contributed by atoms with E-state index in [9.17, 15) is 8.42 Å². The number of rotatable bonds is 7. The lowest BCUT2D eigenvalue weighted by Gasteiger charge is -2.15. The molecule has 3 N–H and O–H groups in total. The maximum absolute atomic E-state index is 11.5. The summed E-state index contributed by atoms with van der Waals surface area (Å²) in [6.07, 6.45) is 3.07. The van der Waals surface area contributed by atoms with Crippen LogP contribution >= 0.6 is 11.3 Å². The van der Waals surface area contributed by atoms with Gasteiger partial charge in [-0.1, -0.05) is 6.92 Å². The third-order valence-corrected chi connectivity index (χ3v) is 5.96. The lowest BCUT2D eigenvalue weighted by Crippen LogP contribution is -2.28. The molecule has 5 nitrogen and oxygen atoms in total. The van der Waals surface area contributed by atoms with Gasteiger partial charge in [-0.25, -0.2) is 8.42 Å². The van der Waals surface area contributed by atoms with Crippen LogP contribution in [-0.2, 0) is 9.84 Å². The Balaban J connectivity index is 2.04. The Morgan fingerprint density at radius 2 is 2.30 bits per heavy atom. The molecule has 0 aliphatic carbocycles. The van der Waals surface area contributed by atoms with E-state index in [4.69, 9.17) is 5.84 Å². The summed E-state index contributed by atoms with van der Waals surface area (Å²) in [5.41, 5.74) is 4.72. The number of nitrogens with zero attached hydrogens (tertiary/aromatic N) is 1. The lowest BCUT2D eigenvalue weighted by atomic mass is 10.1. The van der Waals surface area contributed by atoms with Gasteiger partial charge in [0.05, 0.1) is 16.0 Å². The zero-order valence-electron chi connectivity index (χ0n) is 11.4. The molecule has 2 aromatic rings. The average Bonchev–Trinajstić information content (AvgIpc) is 2.91. The highest BCUT2D eigenvalue weighted by Gasteiger charge is 2.14. The van der Waals surface area contributed by atoms with E-state index < -0.39 is 9.84 Å². The van der Waals surface area contributed by atoms with E-state index in [1.54, 1.807) is 24.5 Å². The minimum Gasteiger partial charge on any atom is -0.271 e. The van der Waals surface area contributed by atoms with E-state index in [0.717, 1.165) is 15.8 Å². The molecule has 1 unspecified atom stereocenters. The predicted octanol–water partition coefficient (Wildman–Crippen LogP) is 2.02. The van der Waals surface area contributed by atoms with Crippen LogP contribution in [0.4, 0.5) is 0 Å². The number of hydrogen-bond acceptors (Lipinski definition) is 6. The van der Waals surface area contributed by atoms with Gasteiger partial charge in [0.15, 0.2) is 0 Å². The largest absolute Gasteiger partial charge is 0.271 e. The molecule has 0 aromatic carbocycles. The van der Waals surface area contributed by atoms with E-state index in [1.165, 1.54) is 0 Å². The maximum Gasteiger partial charge on any atom is 0.150 e. The van der Waals surface area contributed by atoms with Crippen LogP contribution in [-0.4, -0.2) is 24.9 Å². The highest BCUT2D eigenvalue weighted by molar-refractivity contribution is 7.91. The fraction of sp³-hybridized carbons (Fsp3) is 0.462. The number of hydrazine groups is 1. The summed E-state index contributed by atoms with van der Waals surface area (Å²) in [6, 6.07) is 3.97. The Kier molecular flexibility index (Phi) is 5.09. The summed E-state index contributed by atoms with van der Waals surface area (Å²) in [5, 5.41) is 2.00. The van der Waals surface area contributed by atoms with E-state index in [-0.39, 0.29) is 17.5 Å². The third-order valence-electron chi connectivity index (χ3n) is 3.32. The van der Waals surface area contributed by atoms with E-state index in [1.807, 2.05) is 11.4 Å². The molecule has 0 aliphatic rings. The zero-order chi connectivity index (χ0) is 14.6. The van der Waals surface area contributed by atoms with Gasteiger partial charge in [0, 0.05) is 18.0 Å². The second-order valence-electron chi connectivity index (χ2n) is 4.67. The van der Waals surface area contributed by atoms with Gasteiger partial charge in [0.25, 0.3) is 0 Å². The van der Waals surface area contributed by atoms with Crippen LogP contribution in [0.25, 0.3) is 10.2 Å². The third kappa shape index (κ3) is 3.76. The predicted molar refractivity (Wildman–Crippen MR) is 83.2 cm³/mol. The highest BCUT2D eigenvalue weighted by Crippen LogP contribution is 2.24. The van der Waals surface area contributed by atoms with Crippen molar-refractivity contribution in [3.05, 3.63) is 29.3 Å². The standard InChI is InChI=1S/C13H19N3O2S2/c1-2-20(17,18)7-3-4-11(16-14)10-8-13-12(15-9-10)5-6-19-13/h5-6,8-9,11,16H,2-4,7,14H2,1H3. The van der Waals surface area contributed by atoms with Gasteiger partial charge in [-0.3, -0.25) is 16.3 Å². The van der Waals surface area contributed by atoms with Crippen LogP contribution in [0, 0.1) is 0 Å². The molecule has 7 heteroatoms. The first-order chi connectivity index (χ1) is 9.55. The van der Waals surface area contributed by atoms with Gasteiger partial charge in [0.2, 0.25) is 0 Å². The number of sulfone groups is 1. The first-order valence-corrected chi connectivity index (χ1v) is 9.25. The highest BCUT2D eigenvalue weighted by atomic mass is 32.2. The number of nitrogens with two attached hydrogens (primary N) is 1. The zero-order valence-corrected chi connectivity index (χ0v) is 13.0. The molecule has 0 saturated heterocycles. The van der Waals surface area contributed by atoms with Crippen molar-refractivity contribution < 1.29 is 8.42 Å². The quantitative estimate of drug-likeness (QED) is 0.603. The van der Waals surface area contributed by atoms with Crippen molar-refractivity contribution in [3.8, 4) is 0 Å². The molecule has 20 heavy (non-hydrogen) atoms. The van der Waals surface area contributed by atoms with Gasteiger partial charge in [-0.05, 0) is 35.9 Å². The Labute approximate surface area is 123 Å². The summed E-state index contributed by atoms with van der Waals surface area (Å²) in [6.45, 7) is 1.67. The minimum atomic E-state index is -2.91. The number of hydrogen-bond donors (Lipinski definition) is 2. The maximum atomic E-state index is 11.5. The fourth-order valence-electron chi connectivity index (χ4n) is 2.05. The van der Waals surface area contributed by atoms with E-state index in [0.29, 0.717) is 12.8 Å². The molecule has 1 atom stereocenters. The van der Waals surface area contributed by atoms with Crippen LogP contribution in [0.5, 0.6) is 0 Å². The topological polar surface area (TPSA) is 85.1 Å². The average molecular weight is 313 g/mol. The molecule has 2 rings (SSSR count). The second-order valence-corrected chi connectivity index (χ2v) is 8.09. The molecule has 110 valence electrons. The van der Waals surface area contributed by atoms with Gasteiger partial charge < -0.3 is 0 Å². The monoisotopic (exact) mass is 313 g/mol. The Morgan fingerprint density at radius 3 is 3.00 bits per heavy atom. The summed E-state index contributed by atoms with van der Waals surface area (Å²) in [5.74, 6) is 5.98. The number of aromatic nitrogens is 1. The Morgan fingerprint density at radius 1 is 1.50 bits per heavy atom. The number of pyridine rings is 1. The fourth-order valence-corrected chi connectivity index (χ4v) is 3.73. The van der Waals surface area contributed by atoms with Crippen molar-refractivity contribution in [2.45, 2.75) is 25.8 Å². The first kappa shape index (κ1) is 15.4. The second kappa shape index (κ2) is 6.62. The van der Waals surface area contributed by atoms with Crippen molar-refractivity contribution in [1.29, 1.82) is 0 Å². The lowest BCUT2D eigenvalue weighted by molar-refractivity contribution is 0.506. The molecule has 2 heterocycles. The SMILES string of the molecule is CCS(=O)(=O)CCCC(NN)c1cnc2ccsc2c1. The number of nitrogens with one attached hydrogen (secondary N) is 1.